The number of benzene rings is 1. The second kappa shape index (κ2) is 5.53. The Bertz CT molecular complexity index is 513. The van der Waals surface area contributed by atoms with E-state index in [9.17, 15) is 0 Å². The van der Waals surface area contributed by atoms with Crippen molar-refractivity contribution >= 4 is 10.9 Å². The summed E-state index contributed by atoms with van der Waals surface area (Å²) < 4.78 is 2.06. The van der Waals surface area contributed by atoms with Crippen LogP contribution in [-0.4, -0.2) is 15.8 Å². The summed E-state index contributed by atoms with van der Waals surface area (Å²) in [5.41, 5.74) is 8.55. The van der Waals surface area contributed by atoms with Crippen LogP contribution in [0.5, 0.6) is 0 Å². The van der Waals surface area contributed by atoms with E-state index in [1.165, 1.54) is 10.9 Å². The number of hydrogen-bond donors (Lipinski definition) is 1. The van der Waals surface area contributed by atoms with Crippen LogP contribution in [0.2, 0.25) is 0 Å². The minimum Gasteiger partial charge on any atom is -0.327 e. The fraction of sp³-hybridized carbons (Fsp3) is 0.533. The fourth-order valence-electron chi connectivity index (χ4n) is 2.53. The second-order valence-electron chi connectivity index (χ2n) is 5.37. The van der Waals surface area contributed by atoms with Crippen LogP contribution in [0.25, 0.3) is 10.9 Å². The van der Waals surface area contributed by atoms with E-state index in [1.807, 2.05) is 0 Å². The maximum atomic E-state index is 6.20. The van der Waals surface area contributed by atoms with Gasteiger partial charge >= 0.3 is 0 Å². The second-order valence-corrected chi connectivity index (χ2v) is 5.37. The minimum atomic E-state index is 0.202. The third kappa shape index (κ3) is 2.72. The summed E-state index contributed by atoms with van der Waals surface area (Å²) in [7, 11) is 0. The Kier molecular flexibility index (Phi) is 4.02. The molecule has 0 bridgehead atoms. The highest BCUT2D eigenvalue weighted by molar-refractivity contribution is 5.82. The lowest BCUT2D eigenvalue weighted by Gasteiger charge is -2.12. The van der Waals surface area contributed by atoms with Gasteiger partial charge in [0, 0.05) is 24.4 Å². The summed E-state index contributed by atoms with van der Waals surface area (Å²) >= 11 is 0. The molecule has 0 aliphatic rings. The Morgan fingerprint density at radius 2 is 2.00 bits per heavy atom. The van der Waals surface area contributed by atoms with Gasteiger partial charge in [0.25, 0.3) is 0 Å². The smallest absolute Gasteiger partial charge is 0.0718 e. The number of aryl methyl sites for hydroxylation is 1. The lowest BCUT2D eigenvalue weighted by atomic mass is 9.99. The zero-order valence-corrected chi connectivity index (χ0v) is 11.6. The molecular weight excluding hydrogens is 222 g/mol. The molecule has 0 saturated heterocycles. The molecule has 1 atom stereocenters. The molecule has 0 aliphatic carbocycles. The first kappa shape index (κ1) is 13.1. The molecule has 0 spiro atoms. The van der Waals surface area contributed by atoms with E-state index in [4.69, 9.17) is 10.8 Å². The van der Waals surface area contributed by atoms with Crippen molar-refractivity contribution in [2.75, 3.05) is 0 Å². The zero-order valence-electron chi connectivity index (χ0n) is 11.6. The Balaban J connectivity index is 2.28. The van der Waals surface area contributed by atoms with Gasteiger partial charge in [0.05, 0.1) is 11.2 Å². The summed E-state index contributed by atoms with van der Waals surface area (Å²) in [6, 6.07) is 8.61. The maximum Gasteiger partial charge on any atom is 0.0718 e. The van der Waals surface area contributed by atoms with E-state index in [0.717, 1.165) is 25.1 Å². The molecule has 3 heteroatoms. The normalized spacial score (nSPS) is 13.4. The molecule has 0 aliphatic heterocycles. The quantitative estimate of drug-likeness (QED) is 0.880. The van der Waals surface area contributed by atoms with E-state index in [0.29, 0.717) is 5.92 Å². The maximum absolute atomic E-state index is 6.20. The molecule has 0 radical (unpaired) electrons. The van der Waals surface area contributed by atoms with Gasteiger partial charge in [-0.15, -0.1) is 0 Å². The highest BCUT2D eigenvalue weighted by atomic mass is 15.3. The van der Waals surface area contributed by atoms with Crippen molar-refractivity contribution in [3.8, 4) is 0 Å². The monoisotopic (exact) mass is 245 g/mol. The standard InChI is InChI=1S/C15H23N3/c1-4-18-15-8-6-5-7-13(15)14(17-18)10-12(16)9-11(2)3/h5-8,11-12H,4,9-10,16H2,1-3H3. The van der Waals surface area contributed by atoms with Crippen molar-refractivity contribution < 1.29 is 0 Å². The Hall–Kier alpha value is -1.35. The average molecular weight is 245 g/mol. The van der Waals surface area contributed by atoms with Crippen molar-refractivity contribution in [3.05, 3.63) is 30.0 Å². The highest BCUT2D eigenvalue weighted by Crippen LogP contribution is 2.20. The highest BCUT2D eigenvalue weighted by Gasteiger charge is 2.13. The molecule has 2 N–H and O–H groups in total. The van der Waals surface area contributed by atoms with E-state index in [1.54, 1.807) is 0 Å². The van der Waals surface area contributed by atoms with Gasteiger partial charge in [-0.25, -0.2) is 0 Å². The third-order valence-electron chi connectivity index (χ3n) is 3.26. The van der Waals surface area contributed by atoms with Gasteiger partial charge in [-0.05, 0) is 25.3 Å². The average Bonchev–Trinajstić information content (AvgIpc) is 2.67. The minimum absolute atomic E-state index is 0.202. The fourth-order valence-corrected chi connectivity index (χ4v) is 2.53. The molecule has 98 valence electrons. The van der Waals surface area contributed by atoms with E-state index in [-0.39, 0.29) is 6.04 Å². The van der Waals surface area contributed by atoms with Crippen LogP contribution in [0.4, 0.5) is 0 Å². The van der Waals surface area contributed by atoms with Crippen molar-refractivity contribution in [3.63, 3.8) is 0 Å². The van der Waals surface area contributed by atoms with Gasteiger partial charge in [0.1, 0.15) is 0 Å². The summed E-state index contributed by atoms with van der Waals surface area (Å²) in [6.45, 7) is 7.45. The van der Waals surface area contributed by atoms with Gasteiger partial charge in [0.2, 0.25) is 0 Å². The SMILES string of the molecule is CCn1nc(CC(N)CC(C)C)c2ccccc21. The van der Waals surface area contributed by atoms with Crippen molar-refractivity contribution in [2.45, 2.75) is 46.2 Å². The Morgan fingerprint density at radius 3 is 2.67 bits per heavy atom. The van der Waals surface area contributed by atoms with Gasteiger partial charge in [-0.2, -0.15) is 5.10 Å². The van der Waals surface area contributed by atoms with Crippen molar-refractivity contribution in [2.24, 2.45) is 11.7 Å². The van der Waals surface area contributed by atoms with Crippen LogP contribution >= 0.6 is 0 Å². The lowest BCUT2D eigenvalue weighted by molar-refractivity contribution is 0.488. The summed E-state index contributed by atoms with van der Waals surface area (Å²) in [5.74, 6) is 0.638. The van der Waals surface area contributed by atoms with Crippen LogP contribution in [0.1, 0.15) is 32.9 Å². The van der Waals surface area contributed by atoms with E-state index in [2.05, 4.69) is 49.7 Å². The van der Waals surface area contributed by atoms with Crippen LogP contribution in [0.3, 0.4) is 0 Å². The Labute approximate surface area is 109 Å². The summed E-state index contributed by atoms with van der Waals surface area (Å²) in [5, 5.41) is 5.94. The Morgan fingerprint density at radius 1 is 1.28 bits per heavy atom. The van der Waals surface area contributed by atoms with Gasteiger partial charge in [-0.3, -0.25) is 4.68 Å². The molecule has 18 heavy (non-hydrogen) atoms. The van der Waals surface area contributed by atoms with Gasteiger partial charge in [0.15, 0.2) is 0 Å². The third-order valence-corrected chi connectivity index (χ3v) is 3.26. The molecule has 1 heterocycles. The molecule has 1 aromatic heterocycles. The molecule has 2 aromatic rings. The summed E-state index contributed by atoms with van der Waals surface area (Å²) in [6.07, 6.45) is 1.92. The van der Waals surface area contributed by atoms with Crippen LogP contribution in [0.15, 0.2) is 24.3 Å². The molecule has 2 rings (SSSR count). The first-order valence-corrected chi connectivity index (χ1v) is 6.81. The number of aromatic nitrogens is 2. The van der Waals surface area contributed by atoms with Crippen LogP contribution in [-0.2, 0) is 13.0 Å². The van der Waals surface area contributed by atoms with Crippen molar-refractivity contribution in [1.82, 2.24) is 9.78 Å². The molecule has 0 fully saturated rings. The largest absolute Gasteiger partial charge is 0.327 e. The molecule has 0 saturated carbocycles. The van der Waals surface area contributed by atoms with Crippen LogP contribution in [0, 0.1) is 5.92 Å². The number of fused-ring (bicyclic) bond motifs is 1. The zero-order chi connectivity index (χ0) is 13.1. The van der Waals surface area contributed by atoms with Gasteiger partial charge < -0.3 is 5.73 Å². The van der Waals surface area contributed by atoms with Gasteiger partial charge in [-0.1, -0.05) is 32.0 Å². The number of hydrogen-bond acceptors (Lipinski definition) is 2. The van der Waals surface area contributed by atoms with Crippen molar-refractivity contribution in [1.29, 1.82) is 0 Å². The molecule has 1 unspecified atom stereocenters. The predicted octanol–water partition coefficient (Wildman–Crippen LogP) is 2.97. The number of rotatable bonds is 5. The molecular formula is C15H23N3. The summed E-state index contributed by atoms with van der Waals surface area (Å²) in [4.78, 5) is 0. The molecule has 1 aromatic carbocycles. The first-order valence-electron chi connectivity index (χ1n) is 6.81. The van der Waals surface area contributed by atoms with Crippen LogP contribution < -0.4 is 5.73 Å². The van der Waals surface area contributed by atoms with E-state index < -0.39 is 0 Å². The number of para-hydroxylation sites is 1. The topological polar surface area (TPSA) is 43.8 Å². The number of nitrogens with two attached hydrogens (primary N) is 1. The predicted molar refractivity (Wildman–Crippen MR) is 76.5 cm³/mol. The van der Waals surface area contributed by atoms with E-state index >= 15 is 0 Å². The molecule has 0 amide bonds. The lowest BCUT2D eigenvalue weighted by Crippen LogP contribution is -2.25. The number of nitrogens with zero attached hydrogens (tertiary/aromatic N) is 2. The first-order chi connectivity index (χ1) is 8.61. The molecule has 3 nitrogen and oxygen atoms in total.